The smallest absolute Gasteiger partial charge is 0.142 e. The predicted octanol–water partition coefficient (Wildman–Crippen LogP) is 5.68. The van der Waals surface area contributed by atoms with Gasteiger partial charge in [-0.3, -0.25) is 4.99 Å². The van der Waals surface area contributed by atoms with Crippen LogP contribution in [0.3, 0.4) is 0 Å². The van der Waals surface area contributed by atoms with E-state index in [2.05, 4.69) is 34.0 Å². The summed E-state index contributed by atoms with van der Waals surface area (Å²) in [6.07, 6.45) is 4.28. The molecule has 2 unspecified atom stereocenters. The fourth-order valence-corrected chi connectivity index (χ4v) is 4.21. The van der Waals surface area contributed by atoms with Crippen LogP contribution in [0.25, 0.3) is 16.8 Å². The number of benzene rings is 1. The Morgan fingerprint density at radius 3 is 3.00 bits per heavy atom. The number of hydrogen-bond acceptors (Lipinski definition) is 2. The molecule has 2 atom stereocenters. The van der Waals surface area contributed by atoms with E-state index >= 15 is 0 Å². The van der Waals surface area contributed by atoms with E-state index < -0.39 is 6.17 Å². The quantitative estimate of drug-likeness (QED) is 0.677. The van der Waals surface area contributed by atoms with Gasteiger partial charge in [-0.05, 0) is 43.5 Å². The Hall–Kier alpha value is -2.46. The molecule has 0 bridgehead atoms. The van der Waals surface area contributed by atoms with Crippen molar-refractivity contribution >= 4 is 17.0 Å². The first-order valence-corrected chi connectivity index (χ1v) is 9.64. The minimum absolute atomic E-state index is 0.372. The fraction of sp³-hybridized carbons (Fsp3) is 0.348. The average molecular weight is 363 g/mol. The van der Waals surface area contributed by atoms with Crippen LogP contribution in [0.1, 0.15) is 49.4 Å². The first kappa shape index (κ1) is 17.9. The highest BCUT2D eigenvalue weighted by Gasteiger charge is 2.26. The molecule has 1 aromatic carbocycles. The van der Waals surface area contributed by atoms with Crippen molar-refractivity contribution in [2.45, 2.75) is 45.3 Å². The van der Waals surface area contributed by atoms with E-state index in [0.717, 1.165) is 47.6 Å². The number of H-pyrrole nitrogens is 1. The summed E-state index contributed by atoms with van der Waals surface area (Å²) in [5.41, 5.74) is 8.24. The number of fused-ring (bicyclic) bond motifs is 2. The van der Waals surface area contributed by atoms with Crippen LogP contribution >= 0.6 is 0 Å². The first-order valence-electron chi connectivity index (χ1n) is 9.64. The highest BCUT2D eigenvalue weighted by molar-refractivity contribution is 5.97. The van der Waals surface area contributed by atoms with Crippen LogP contribution in [0, 0.1) is 0 Å². The van der Waals surface area contributed by atoms with Crippen LogP contribution in [0.2, 0.25) is 0 Å². The van der Waals surface area contributed by atoms with Gasteiger partial charge in [0.15, 0.2) is 0 Å². The highest BCUT2D eigenvalue weighted by Crippen LogP contribution is 2.41. The zero-order chi connectivity index (χ0) is 19.0. The van der Waals surface area contributed by atoms with Crippen LogP contribution in [0.4, 0.5) is 10.1 Å². The second-order valence-electron chi connectivity index (χ2n) is 7.41. The van der Waals surface area contributed by atoms with Crippen molar-refractivity contribution in [3.05, 3.63) is 59.8 Å². The van der Waals surface area contributed by atoms with Gasteiger partial charge in [0.1, 0.15) is 6.17 Å². The second kappa shape index (κ2) is 7.28. The van der Waals surface area contributed by atoms with Crippen molar-refractivity contribution in [1.29, 1.82) is 0 Å². The van der Waals surface area contributed by atoms with Crippen LogP contribution in [-0.2, 0) is 6.54 Å². The maximum Gasteiger partial charge on any atom is 0.142 e. The number of allylic oxidation sites excluding steroid dienone is 3. The van der Waals surface area contributed by atoms with E-state index in [1.165, 1.54) is 11.3 Å². The van der Waals surface area contributed by atoms with Gasteiger partial charge in [0, 0.05) is 53.7 Å². The lowest BCUT2D eigenvalue weighted by atomic mass is 9.92. The van der Waals surface area contributed by atoms with Crippen molar-refractivity contribution < 1.29 is 4.39 Å². The zero-order valence-corrected chi connectivity index (χ0v) is 16.0. The van der Waals surface area contributed by atoms with E-state index in [0.29, 0.717) is 18.1 Å². The van der Waals surface area contributed by atoms with Gasteiger partial charge in [-0.2, -0.15) is 0 Å². The molecule has 3 nitrogen and oxygen atoms in total. The first-order chi connectivity index (χ1) is 13.1. The van der Waals surface area contributed by atoms with Crippen molar-refractivity contribution in [1.82, 2.24) is 10.3 Å². The van der Waals surface area contributed by atoms with Gasteiger partial charge in [0.05, 0.1) is 5.69 Å². The van der Waals surface area contributed by atoms with E-state index in [4.69, 9.17) is 0 Å². The molecule has 0 saturated heterocycles. The Bertz CT molecular complexity index is 935. The Labute approximate surface area is 160 Å². The van der Waals surface area contributed by atoms with Crippen LogP contribution in [-0.4, -0.2) is 23.4 Å². The number of hydrogen-bond donors (Lipinski definition) is 2. The van der Waals surface area contributed by atoms with Gasteiger partial charge in [0.25, 0.3) is 0 Å². The van der Waals surface area contributed by atoms with Gasteiger partial charge in [0.2, 0.25) is 0 Å². The molecule has 0 aliphatic carbocycles. The predicted molar refractivity (Wildman–Crippen MR) is 111 cm³/mol. The molecule has 2 aliphatic rings. The lowest BCUT2D eigenvalue weighted by Crippen LogP contribution is -2.27. The second-order valence-corrected chi connectivity index (χ2v) is 7.41. The topological polar surface area (TPSA) is 40.2 Å². The third kappa shape index (κ3) is 3.19. The monoisotopic (exact) mass is 363 g/mol. The number of aromatic amines is 1. The van der Waals surface area contributed by atoms with Crippen LogP contribution < -0.4 is 5.32 Å². The molecule has 0 fully saturated rings. The summed E-state index contributed by atoms with van der Waals surface area (Å²) in [5.74, 6) is 0.416. The Morgan fingerprint density at radius 1 is 1.37 bits per heavy atom. The van der Waals surface area contributed by atoms with Crippen molar-refractivity contribution in [3.63, 3.8) is 0 Å². The summed E-state index contributed by atoms with van der Waals surface area (Å²) in [6, 6.07) is 8.33. The minimum Gasteiger partial charge on any atom is -0.358 e. The maximum atomic E-state index is 14.5. The molecule has 27 heavy (non-hydrogen) atoms. The Morgan fingerprint density at radius 2 is 2.22 bits per heavy atom. The van der Waals surface area contributed by atoms with Crippen molar-refractivity contribution in [3.8, 4) is 11.3 Å². The summed E-state index contributed by atoms with van der Waals surface area (Å²) in [6.45, 7) is 9.48. The van der Waals surface area contributed by atoms with Gasteiger partial charge < -0.3 is 10.3 Å². The standard InChI is InChI=1S/C23H26FN3/c1-4-7-16-12-25-13-17-11-21(27-23(16)17)18-8-6-9-20-22(18)15(5-2)10-19(24)14(3)26-20/h4-6,8-9,11,16,19,25,27H,1,7,10,12-13H2,2-3H3/b15-5-. The number of halogens is 1. The summed E-state index contributed by atoms with van der Waals surface area (Å²) >= 11 is 0. The molecule has 0 saturated carbocycles. The van der Waals surface area contributed by atoms with Gasteiger partial charge in [-0.25, -0.2) is 4.39 Å². The molecule has 3 heterocycles. The van der Waals surface area contributed by atoms with Crippen molar-refractivity contribution in [2.24, 2.45) is 4.99 Å². The molecule has 0 radical (unpaired) electrons. The number of aliphatic imine (C=N–C) groups is 1. The molecule has 4 heteroatoms. The molecule has 0 amide bonds. The molecule has 2 N–H and O–H groups in total. The SMILES string of the molecule is C=CCC1CNCc2cc(-c3cccc4c3/C(=C\C)CC(F)C(C)=N4)[nH]c21. The lowest BCUT2D eigenvalue weighted by molar-refractivity contribution is 0.431. The molecule has 1 aromatic heterocycles. The number of aromatic nitrogens is 1. The summed E-state index contributed by atoms with van der Waals surface area (Å²) in [7, 11) is 0. The van der Waals surface area contributed by atoms with E-state index in [1.807, 2.05) is 31.2 Å². The number of nitrogens with zero attached hydrogens (tertiary/aromatic N) is 1. The third-order valence-corrected chi connectivity index (χ3v) is 5.65. The lowest BCUT2D eigenvalue weighted by Gasteiger charge is -2.22. The molecule has 140 valence electrons. The fourth-order valence-electron chi connectivity index (χ4n) is 4.21. The van der Waals surface area contributed by atoms with Crippen molar-refractivity contribution in [2.75, 3.05) is 6.54 Å². The van der Waals surface area contributed by atoms with Crippen LogP contribution in [0.5, 0.6) is 0 Å². The summed E-state index contributed by atoms with van der Waals surface area (Å²) < 4.78 is 14.5. The van der Waals surface area contributed by atoms with E-state index in [1.54, 1.807) is 6.92 Å². The molecule has 2 aromatic rings. The van der Waals surface area contributed by atoms with Gasteiger partial charge in [-0.1, -0.05) is 24.3 Å². The molecular formula is C23H26FN3. The van der Waals surface area contributed by atoms with Gasteiger partial charge in [-0.15, -0.1) is 6.58 Å². The zero-order valence-electron chi connectivity index (χ0n) is 16.0. The highest BCUT2D eigenvalue weighted by atomic mass is 19.1. The molecule has 0 spiro atoms. The van der Waals surface area contributed by atoms with Crippen LogP contribution in [0.15, 0.2) is 48.0 Å². The minimum atomic E-state index is -1.03. The Kier molecular flexibility index (Phi) is 4.83. The number of rotatable bonds is 3. The summed E-state index contributed by atoms with van der Waals surface area (Å²) in [4.78, 5) is 8.26. The van der Waals surface area contributed by atoms with E-state index in [9.17, 15) is 4.39 Å². The third-order valence-electron chi connectivity index (χ3n) is 5.65. The number of alkyl halides is 1. The maximum absolute atomic E-state index is 14.5. The molecular weight excluding hydrogens is 337 g/mol. The summed E-state index contributed by atoms with van der Waals surface area (Å²) in [5, 5.41) is 3.49. The Balaban J connectivity index is 1.86. The molecule has 4 rings (SSSR count). The average Bonchev–Trinajstić information content (AvgIpc) is 3.06. The van der Waals surface area contributed by atoms with E-state index in [-0.39, 0.29) is 0 Å². The van der Waals surface area contributed by atoms with Gasteiger partial charge >= 0.3 is 0 Å². The largest absolute Gasteiger partial charge is 0.358 e. The molecule has 2 aliphatic heterocycles. The number of nitrogens with one attached hydrogen (secondary N) is 2. The normalized spacial score (nSPS) is 23.4.